The normalized spacial score (nSPS) is 28.6. The molecule has 0 amide bonds. The zero-order chi connectivity index (χ0) is 39.0. The number of aliphatic hydroxyl groups is 1. The Bertz CT molecular complexity index is 1110. The molecule has 12 nitrogen and oxygen atoms in total. The van der Waals surface area contributed by atoms with Gasteiger partial charge in [-0.1, -0.05) is 91.0 Å². The van der Waals surface area contributed by atoms with Crippen molar-refractivity contribution in [3.05, 3.63) is 48.6 Å². The average molecular weight is 767 g/mol. The molecule has 0 saturated carbocycles. The molecule has 310 valence electrons. The van der Waals surface area contributed by atoms with Gasteiger partial charge in [-0.25, -0.2) is 4.79 Å². The van der Waals surface area contributed by atoms with Gasteiger partial charge in [0.05, 0.1) is 25.4 Å². The van der Waals surface area contributed by atoms with Crippen molar-refractivity contribution in [1.82, 2.24) is 0 Å². The van der Waals surface area contributed by atoms with E-state index in [1.54, 1.807) is 30.3 Å². The van der Waals surface area contributed by atoms with Gasteiger partial charge < -0.3 is 52.5 Å². The summed E-state index contributed by atoms with van der Waals surface area (Å²) in [6, 6.07) is 8.79. The lowest BCUT2D eigenvalue weighted by Crippen LogP contribution is -2.64. The molecule has 10 unspecified atom stereocenters. The van der Waals surface area contributed by atoms with E-state index in [1.807, 2.05) is 6.07 Å². The number of carbonyl (C=O) groups excluding carboxylic acids is 1. The van der Waals surface area contributed by atoms with Crippen LogP contribution in [0.15, 0.2) is 43.0 Å². The highest BCUT2D eigenvalue weighted by atomic mass is 16.7. The quantitative estimate of drug-likeness (QED) is 0.0523. The summed E-state index contributed by atoms with van der Waals surface area (Å²) in [5.74, 6) is -0.529. The average Bonchev–Trinajstić information content (AvgIpc) is 3.18. The van der Waals surface area contributed by atoms with Crippen LogP contribution in [0.4, 0.5) is 0 Å². The van der Waals surface area contributed by atoms with Gasteiger partial charge >= 0.3 is 5.97 Å². The number of benzene rings is 1. The summed E-state index contributed by atoms with van der Waals surface area (Å²) in [6.07, 6.45) is 2.34. The molecule has 1 N–H and O–H groups in total. The molecular weight excluding hydrogens is 696 g/mol. The Morgan fingerprint density at radius 2 is 1.13 bits per heavy atom. The van der Waals surface area contributed by atoms with Crippen molar-refractivity contribution in [1.29, 1.82) is 0 Å². The number of rotatable bonds is 29. The lowest BCUT2D eigenvalue weighted by Gasteiger charge is -2.47. The van der Waals surface area contributed by atoms with Crippen LogP contribution in [0.5, 0.6) is 0 Å². The van der Waals surface area contributed by atoms with E-state index < -0.39 is 67.4 Å². The molecule has 3 rings (SSSR count). The van der Waals surface area contributed by atoms with E-state index in [4.69, 9.17) is 47.4 Å². The van der Waals surface area contributed by atoms with E-state index in [-0.39, 0.29) is 19.8 Å². The van der Waals surface area contributed by atoms with Crippen LogP contribution >= 0.6 is 0 Å². The van der Waals surface area contributed by atoms with E-state index in [0.29, 0.717) is 38.6 Å². The molecule has 2 aliphatic heterocycles. The van der Waals surface area contributed by atoms with E-state index in [1.165, 1.54) is 0 Å². The van der Waals surface area contributed by atoms with Crippen molar-refractivity contribution >= 4 is 5.97 Å². The van der Waals surface area contributed by atoms with Gasteiger partial charge in [0.25, 0.3) is 0 Å². The third kappa shape index (κ3) is 15.2. The van der Waals surface area contributed by atoms with Crippen molar-refractivity contribution in [2.75, 3.05) is 52.9 Å². The number of hydrogen-bond acceptors (Lipinski definition) is 12. The van der Waals surface area contributed by atoms with Gasteiger partial charge in [-0.05, 0) is 44.2 Å². The summed E-state index contributed by atoms with van der Waals surface area (Å²) in [7, 11) is 0. The van der Waals surface area contributed by atoms with Crippen LogP contribution in [-0.4, -0.2) is 125 Å². The molecule has 1 aromatic carbocycles. The van der Waals surface area contributed by atoms with Crippen LogP contribution in [0.2, 0.25) is 0 Å². The highest BCUT2D eigenvalue weighted by Crippen LogP contribution is 2.33. The highest BCUT2D eigenvalue weighted by molar-refractivity contribution is 5.89. The first-order valence-corrected chi connectivity index (χ1v) is 20.6. The smallest absolute Gasteiger partial charge is 0.338 e. The highest BCUT2D eigenvalue weighted by Gasteiger charge is 2.52. The summed E-state index contributed by atoms with van der Waals surface area (Å²) in [5, 5.41) is 11.8. The molecule has 12 heteroatoms. The minimum atomic E-state index is -1.16. The van der Waals surface area contributed by atoms with Gasteiger partial charge in [0.15, 0.2) is 18.7 Å². The second-order valence-corrected chi connectivity index (χ2v) is 14.0. The number of esters is 1. The van der Waals surface area contributed by atoms with Crippen molar-refractivity contribution in [3.8, 4) is 0 Å². The summed E-state index contributed by atoms with van der Waals surface area (Å²) in [6.45, 7) is 17.0. The Hall–Kier alpha value is -1.97. The molecule has 10 atom stereocenters. The zero-order valence-electron chi connectivity index (χ0n) is 33.6. The SMILES string of the molecule is C=CCOC1OC(COC2OC(COCCCC)C(OCCCC)C(OCCCC)C2O)C(OCCCC)C(OCCCC)C1OC(=O)c1ccccc1. The molecule has 0 bridgehead atoms. The maximum Gasteiger partial charge on any atom is 0.338 e. The largest absolute Gasteiger partial charge is 0.450 e. The minimum Gasteiger partial charge on any atom is -0.450 e. The first-order chi connectivity index (χ1) is 26.4. The Kier molecular flexibility index (Phi) is 23.7. The predicted molar refractivity (Wildman–Crippen MR) is 205 cm³/mol. The number of aliphatic hydroxyl groups excluding tert-OH is 1. The molecular formula is C42H70O12. The van der Waals surface area contributed by atoms with Crippen molar-refractivity contribution in [3.63, 3.8) is 0 Å². The van der Waals surface area contributed by atoms with Crippen LogP contribution in [-0.2, 0) is 47.4 Å². The summed E-state index contributed by atoms with van der Waals surface area (Å²) < 4.78 is 63.4. The second-order valence-electron chi connectivity index (χ2n) is 14.0. The molecule has 2 fully saturated rings. The first-order valence-electron chi connectivity index (χ1n) is 20.6. The van der Waals surface area contributed by atoms with Crippen LogP contribution < -0.4 is 0 Å². The monoisotopic (exact) mass is 766 g/mol. The third-order valence-corrected chi connectivity index (χ3v) is 9.42. The Balaban J connectivity index is 1.92. The molecule has 1 aromatic rings. The summed E-state index contributed by atoms with van der Waals surface area (Å²) >= 11 is 0. The molecule has 54 heavy (non-hydrogen) atoms. The fourth-order valence-electron chi connectivity index (χ4n) is 6.24. The van der Waals surface area contributed by atoms with Crippen molar-refractivity contribution < 1.29 is 57.3 Å². The van der Waals surface area contributed by atoms with E-state index in [2.05, 4.69) is 41.2 Å². The maximum absolute atomic E-state index is 13.5. The Labute approximate surface area is 324 Å². The third-order valence-electron chi connectivity index (χ3n) is 9.42. The number of ether oxygens (including phenoxy) is 10. The molecule has 2 heterocycles. The number of unbranched alkanes of at least 4 members (excludes halogenated alkanes) is 5. The molecule has 2 aliphatic rings. The lowest BCUT2D eigenvalue weighted by molar-refractivity contribution is -0.341. The van der Waals surface area contributed by atoms with Gasteiger partial charge in [-0.2, -0.15) is 0 Å². The molecule has 0 spiro atoms. The standard InChI is InChI=1S/C42H70O12/c1-7-13-24-45-29-32-35(46-25-14-8-2)37(48-27-16-10-4)34(43)41(52-32)51-30-33-36(47-26-15-9-3)38(49-28-17-11-5)39(42(53-33)50-23-12-6)54-40(44)31-21-19-18-20-22-31/h12,18-22,32-39,41-43H,6-11,13-17,23-30H2,1-5H3. The van der Waals surface area contributed by atoms with Crippen molar-refractivity contribution in [2.24, 2.45) is 0 Å². The van der Waals surface area contributed by atoms with E-state index in [0.717, 1.165) is 64.2 Å². The fourth-order valence-corrected chi connectivity index (χ4v) is 6.24. The Morgan fingerprint density at radius 1 is 0.630 bits per heavy atom. The molecule has 0 aromatic heterocycles. The van der Waals surface area contributed by atoms with Gasteiger partial charge in [-0.3, -0.25) is 0 Å². The zero-order valence-corrected chi connectivity index (χ0v) is 33.6. The van der Waals surface area contributed by atoms with Crippen LogP contribution in [0, 0.1) is 0 Å². The Morgan fingerprint density at radius 3 is 1.70 bits per heavy atom. The minimum absolute atomic E-state index is 0.0497. The van der Waals surface area contributed by atoms with E-state index in [9.17, 15) is 9.90 Å². The van der Waals surface area contributed by atoms with Gasteiger partial charge in [-0.15, -0.1) is 6.58 Å². The van der Waals surface area contributed by atoms with Gasteiger partial charge in [0.1, 0.15) is 42.7 Å². The van der Waals surface area contributed by atoms with Crippen LogP contribution in [0.1, 0.15) is 109 Å². The van der Waals surface area contributed by atoms with Crippen LogP contribution in [0.3, 0.4) is 0 Å². The maximum atomic E-state index is 13.5. The number of hydrogen-bond donors (Lipinski definition) is 1. The molecule has 0 aliphatic carbocycles. The second kappa shape index (κ2) is 27.6. The van der Waals surface area contributed by atoms with Crippen LogP contribution in [0.25, 0.3) is 0 Å². The fraction of sp³-hybridized carbons (Fsp3) is 0.786. The van der Waals surface area contributed by atoms with Gasteiger partial charge in [0, 0.05) is 33.0 Å². The summed E-state index contributed by atoms with van der Waals surface area (Å²) in [4.78, 5) is 13.5. The topological polar surface area (TPSA) is 130 Å². The predicted octanol–water partition coefficient (Wildman–Crippen LogP) is 6.80. The van der Waals surface area contributed by atoms with E-state index >= 15 is 0 Å². The molecule has 0 radical (unpaired) electrons. The number of carbonyl (C=O) groups is 1. The molecule has 2 saturated heterocycles. The van der Waals surface area contributed by atoms with Crippen molar-refractivity contribution in [2.45, 2.75) is 160 Å². The summed E-state index contributed by atoms with van der Waals surface area (Å²) in [5.41, 5.74) is 0.394. The lowest BCUT2D eigenvalue weighted by atomic mass is 9.97. The van der Waals surface area contributed by atoms with Gasteiger partial charge in [0.2, 0.25) is 0 Å². The first kappa shape index (κ1) is 46.4.